The molecule has 192 valence electrons. The lowest BCUT2D eigenvalue weighted by atomic mass is 9.99. The standard InChI is InChI=1S/C32H35NO4/c1-4-30(24-13-11-23(12-14-24)20-22(2)3)37-27-17-15-25(16-18-27)32(36)28-21-26(8-7-10-31(34)35)33-19-6-5-9-29(28)33/h5-6,9,11-19,21-22,30H,4,7-8,10,20H2,1-3H3,(H,34,35)/t30-/m0/s1. The highest BCUT2D eigenvalue weighted by atomic mass is 16.5. The third-order valence-electron chi connectivity index (χ3n) is 6.59. The quantitative estimate of drug-likeness (QED) is 0.208. The van der Waals surface area contributed by atoms with Crippen LogP contribution >= 0.6 is 0 Å². The molecule has 0 aliphatic carbocycles. The van der Waals surface area contributed by atoms with Crippen molar-refractivity contribution in [1.82, 2.24) is 4.40 Å². The molecular formula is C32H35NO4. The number of pyridine rings is 1. The molecule has 37 heavy (non-hydrogen) atoms. The molecule has 4 aromatic rings. The molecule has 0 saturated heterocycles. The average Bonchev–Trinajstić information content (AvgIpc) is 3.26. The minimum atomic E-state index is -0.812. The first kappa shape index (κ1) is 26.2. The Morgan fingerprint density at radius 2 is 1.70 bits per heavy atom. The van der Waals surface area contributed by atoms with Crippen molar-refractivity contribution in [3.8, 4) is 5.75 Å². The summed E-state index contributed by atoms with van der Waals surface area (Å²) < 4.78 is 8.26. The predicted molar refractivity (Wildman–Crippen MR) is 146 cm³/mol. The molecule has 0 amide bonds. The summed E-state index contributed by atoms with van der Waals surface area (Å²) in [5.41, 5.74) is 5.44. The van der Waals surface area contributed by atoms with Crippen molar-refractivity contribution < 1.29 is 19.4 Å². The number of carbonyl (C=O) groups excluding carboxylic acids is 1. The molecule has 5 heteroatoms. The first-order chi connectivity index (χ1) is 17.9. The highest BCUT2D eigenvalue weighted by Gasteiger charge is 2.18. The number of carbonyl (C=O) groups is 2. The van der Waals surface area contributed by atoms with Gasteiger partial charge in [0.25, 0.3) is 0 Å². The van der Waals surface area contributed by atoms with E-state index in [0.717, 1.165) is 35.4 Å². The Morgan fingerprint density at radius 1 is 0.973 bits per heavy atom. The van der Waals surface area contributed by atoms with E-state index in [1.807, 2.05) is 59.1 Å². The number of ether oxygens (including phenoxy) is 1. The summed E-state index contributed by atoms with van der Waals surface area (Å²) in [5.74, 6) is 0.477. The fourth-order valence-corrected chi connectivity index (χ4v) is 4.75. The Morgan fingerprint density at radius 3 is 2.35 bits per heavy atom. The van der Waals surface area contributed by atoms with E-state index < -0.39 is 5.97 Å². The number of rotatable bonds is 12. The lowest BCUT2D eigenvalue weighted by molar-refractivity contribution is -0.137. The van der Waals surface area contributed by atoms with Crippen LogP contribution in [0.1, 0.15) is 78.9 Å². The lowest BCUT2D eigenvalue weighted by Gasteiger charge is -2.19. The molecule has 0 aliphatic heterocycles. The van der Waals surface area contributed by atoms with Gasteiger partial charge in [-0.2, -0.15) is 0 Å². The van der Waals surface area contributed by atoms with Gasteiger partial charge in [0.2, 0.25) is 0 Å². The van der Waals surface area contributed by atoms with Gasteiger partial charge in [0.1, 0.15) is 11.9 Å². The summed E-state index contributed by atoms with van der Waals surface area (Å²) in [4.78, 5) is 24.3. The number of nitrogens with zero attached hydrogens (tertiary/aromatic N) is 1. The van der Waals surface area contributed by atoms with Gasteiger partial charge in [0.05, 0.1) is 5.52 Å². The first-order valence-electron chi connectivity index (χ1n) is 13.1. The smallest absolute Gasteiger partial charge is 0.303 e. The second-order valence-electron chi connectivity index (χ2n) is 9.96. The summed E-state index contributed by atoms with van der Waals surface area (Å²) >= 11 is 0. The SMILES string of the molecule is CC[C@H](Oc1ccc(C(=O)c2cc(CCCC(=O)O)n3ccccc23)cc1)c1ccc(CC(C)C)cc1. The van der Waals surface area contributed by atoms with Gasteiger partial charge in [-0.1, -0.05) is 51.1 Å². The zero-order chi connectivity index (χ0) is 26.4. The summed E-state index contributed by atoms with van der Waals surface area (Å²) in [6, 6.07) is 23.6. The maximum atomic E-state index is 13.4. The second-order valence-corrected chi connectivity index (χ2v) is 9.96. The minimum absolute atomic E-state index is 0.0570. The molecule has 2 heterocycles. The van der Waals surface area contributed by atoms with Crippen LogP contribution in [0.4, 0.5) is 0 Å². The van der Waals surface area contributed by atoms with Gasteiger partial charge < -0.3 is 14.2 Å². The fourth-order valence-electron chi connectivity index (χ4n) is 4.75. The van der Waals surface area contributed by atoms with Crippen LogP contribution in [0.25, 0.3) is 5.52 Å². The molecule has 1 atom stereocenters. The molecule has 2 aromatic carbocycles. The molecule has 5 nitrogen and oxygen atoms in total. The molecule has 4 rings (SSSR count). The molecule has 0 spiro atoms. The summed E-state index contributed by atoms with van der Waals surface area (Å²) in [7, 11) is 0. The third-order valence-corrected chi connectivity index (χ3v) is 6.59. The zero-order valence-corrected chi connectivity index (χ0v) is 21.8. The van der Waals surface area contributed by atoms with Crippen LogP contribution in [0, 0.1) is 5.92 Å². The van der Waals surface area contributed by atoms with E-state index in [0.29, 0.717) is 29.9 Å². The Balaban J connectivity index is 1.49. The topological polar surface area (TPSA) is 68.0 Å². The van der Waals surface area contributed by atoms with E-state index in [1.165, 1.54) is 5.56 Å². The van der Waals surface area contributed by atoms with Crippen LogP contribution in [0.3, 0.4) is 0 Å². The van der Waals surface area contributed by atoms with E-state index >= 15 is 0 Å². The molecule has 0 aliphatic rings. The van der Waals surface area contributed by atoms with Crippen molar-refractivity contribution in [3.63, 3.8) is 0 Å². The van der Waals surface area contributed by atoms with Crippen LogP contribution in [0.15, 0.2) is 79.0 Å². The van der Waals surface area contributed by atoms with Crippen LogP contribution in [-0.4, -0.2) is 21.3 Å². The number of benzene rings is 2. The number of aliphatic carboxylic acids is 1. The monoisotopic (exact) mass is 497 g/mol. The van der Waals surface area contributed by atoms with Gasteiger partial charge >= 0.3 is 5.97 Å². The first-order valence-corrected chi connectivity index (χ1v) is 13.1. The molecule has 0 saturated carbocycles. The van der Waals surface area contributed by atoms with Crippen LogP contribution in [-0.2, 0) is 17.6 Å². The molecule has 0 unspecified atom stereocenters. The Labute approximate surface area is 218 Å². The highest BCUT2D eigenvalue weighted by Crippen LogP contribution is 2.27. The molecule has 0 bridgehead atoms. The van der Waals surface area contributed by atoms with E-state index in [1.54, 1.807) is 0 Å². The maximum absolute atomic E-state index is 13.4. The summed E-state index contributed by atoms with van der Waals surface area (Å²) in [6.07, 6.45) is 4.98. The van der Waals surface area contributed by atoms with Gasteiger partial charge in [0, 0.05) is 29.4 Å². The summed E-state index contributed by atoms with van der Waals surface area (Å²) in [6.45, 7) is 6.55. The Bertz CT molecular complexity index is 1350. The zero-order valence-electron chi connectivity index (χ0n) is 21.8. The van der Waals surface area contributed by atoms with Crippen LogP contribution < -0.4 is 4.74 Å². The van der Waals surface area contributed by atoms with Crippen molar-refractivity contribution in [1.29, 1.82) is 0 Å². The number of hydrogen-bond acceptors (Lipinski definition) is 3. The molecule has 0 fully saturated rings. The van der Waals surface area contributed by atoms with E-state index in [-0.39, 0.29) is 18.3 Å². The van der Waals surface area contributed by atoms with Crippen LogP contribution in [0.2, 0.25) is 0 Å². The normalized spacial score (nSPS) is 12.1. The number of ketones is 1. The molecule has 1 N–H and O–H groups in total. The number of aryl methyl sites for hydroxylation is 1. The Kier molecular flexibility index (Phi) is 8.44. The van der Waals surface area contributed by atoms with E-state index in [4.69, 9.17) is 9.84 Å². The van der Waals surface area contributed by atoms with Gasteiger partial charge in [-0.15, -0.1) is 0 Å². The number of carboxylic acids is 1. The number of aromatic nitrogens is 1. The fraction of sp³-hybridized carbons (Fsp3) is 0.312. The molecule has 0 radical (unpaired) electrons. The van der Waals surface area contributed by atoms with E-state index in [9.17, 15) is 9.59 Å². The lowest BCUT2D eigenvalue weighted by Crippen LogP contribution is -2.07. The summed E-state index contributed by atoms with van der Waals surface area (Å²) in [5, 5.41) is 8.97. The van der Waals surface area contributed by atoms with Crippen molar-refractivity contribution in [2.24, 2.45) is 5.92 Å². The highest BCUT2D eigenvalue weighted by molar-refractivity contribution is 6.13. The minimum Gasteiger partial charge on any atom is -0.486 e. The Hall–Kier alpha value is -3.86. The van der Waals surface area contributed by atoms with Crippen molar-refractivity contribution in [3.05, 3.63) is 107 Å². The largest absolute Gasteiger partial charge is 0.486 e. The van der Waals surface area contributed by atoms with Crippen molar-refractivity contribution in [2.45, 2.75) is 59.0 Å². The predicted octanol–water partition coefficient (Wildman–Crippen LogP) is 7.31. The number of hydrogen-bond donors (Lipinski definition) is 1. The third kappa shape index (κ3) is 6.48. The van der Waals surface area contributed by atoms with Gasteiger partial charge in [-0.3, -0.25) is 9.59 Å². The molecule has 2 aromatic heterocycles. The van der Waals surface area contributed by atoms with Gasteiger partial charge in [0.15, 0.2) is 5.78 Å². The molecular weight excluding hydrogens is 462 g/mol. The van der Waals surface area contributed by atoms with Gasteiger partial charge in [-0.05, 0) is 85.2 Å². The van der Waals surface area contributed by atoms with Crippen LogP contribution in [0.5, 0.6) is 5.75 Å². The average molecular weight is 498 g/mol. The van der Waals surface area contributed by atoms with Crippen molar-refractivity contribution >= 4 is 17.3 Å². The number of fused-ring (bicyclic) bond motifs is 1. The second kappa shape index (κ2) is 11.9. The van der Waals surface area contributed by atoms with Crippen molar-refractivity contribution in [2.75, 3.05) is 0 Å². The van der Waals surface area contributed by atoms with E-state index in [2.05, 4.69) is 45.0 Å². The van der Waals surface area contributed by atoms with Gasteiger partial charge in [-0.25, -0.2) is 0 Å². The number of carboxylic acid groups (broad SMARTS) is 1. The maximum Gasteiger partial charge on any atom is 0.303 e.